The number of nitrogen functional groups attached to an aromatic ring is 1. The van der Waals surface area contributed by atoms with Gasteiger partial charge in [0.05, 0.1) is 0 Å². The third-order valence-electron chi connectivity index (χ3n) is 3.00. The number of aryl methyl sites for hydroxylation is 1. The molecule has 1 aromatic carbocycles. The molecule has 1 atom stereocenters. The van der Waals surface area contributed by atoms with Crippen LogP contribution in [0.3, 0.4) is 0 Å². The number of anilines is 2. The van der Waals surface area contributed by atoms with Crippen molar-refractivity contribution in [2.75, 3.05) is 11.1 Å². The van der Waals surface area contributed by atoms with Gasteiger partial charge in [-0.05, 0) is 53.9 Å². The van der Waals surface area contributed by atoms with Crippen LogP contribution in [0.4, 0.5) is 11.4 Å². The number of nitrogens with one attached hydrogen (secondary N) is 1. The molecule has 0 spiro atoms. The molecule has 0 saturated carbocycles. The largest absolute Gasteiger partial charge is 0.398 e. The standard InChI is InChI=1S/C14H23BrN2/c1-4-5-6-7-11(3)17-14-8-10(2)13(16)9-12(14)15/h8-9,11,17H,4-7,16H2,1-3H3. The van der Waals surface area contributed by atoms with E-state index in [4.69, 9.17) is 5.73 Å². The van der Waals surface area contributed by atoms with Crippen molar-refractivity contribution in [3.05, 3.63) is 22.2 Å². The Hall–Kier alpha value is -0.700. The summed E-state index contributed by atoms with van der Waals surface area (Å²) in [5, 5.41) is 3.53. The summed E-state index contributed by atoms with van der Waals surface area (Å²) in [6.45, 7) is 6.50. The Morgan fingerprint density at radius 2 is 2.06 bits per heavy atom. The van der Waals surface area contributed by atoms with E-state index in [-0.39, 0.29) is 0 Å². The fourth-order valence-corrected chi connectivity index (χ4v) is 2.32. The number of halogens is 1. The molecule has 0 aliphatic heterocycles. The van der Waals surface area contributed by atoms with Crippen molar-refractivity contribution in [3.63, 3.8) is 0 Å². The third kappa shape index (κ3) is 4.58. The van der Waals surface area contributed by atoms with Crippen LogP contribution < -0.4 is 11.1 Å². The van der Waals surface area contributed by atoms with E-state index < -0.39 is 0 Å². The van der Waals surface area contributed by atoms with Gasteiger partial charge < -0.3 is 11.1 Å². The van der Waals surface area contributed by atoms with E-state index in [0.717, 1.165) is 21.4 Å². The molecular weight excluding hydrogens is 276 g/mol. The minimum atomic E-state index is 0.501. The average Bonchev–Trinajstić information content (AvgIpc) is 2.26. The van der Waals surface area contributed by atoms with Crippen LogP contribution in [0, 0.1) is 6.92 Å². The Kier molecular flexibility index (Phi) is 5.83. The van der Waals surface area contributed by atoms with Crippen molar-refractivity contribution >= 4 is 27.3 Å². The van der Waals surface area contributed by atoms with Crippen LogP contribution in [0.1, 0.15) is 45.1 Å². The minimum Gasteiger partial charge on any atom is -0.398 e. The first-order valence-corrected chi connectivity index (χ1v) is 7.16. The molecule has 1 unspecified atom stereocenters. The molecule has 0 aliphatic rings. The molecular formula is C14H23BrN2. The van der Waals surface area contributed by atoms with Crippen molar-refractivity contribution in [1.29, 1.82) is 0 Å². The molecule has 17 heavy (non-hydrogen) atoms. The molecule has 0 radical (unpaired) electrons. The Labute approximate surface area is 113 Å². The van der Waals surface area contributed by atoms with Gasteiger partial charge in [-0.25, -0.2) is 0 Å². The number of hydrogen-bond acceptors (Lipinski definition) is 2. The average molecular weight is 299 g/mol. The summed E-state index contributed by atoms with van der Waals surface area (Å²) in [7, 11) is 0. The number of hydrogen-bond donors (Lipinski definition) is 2. The minimum absolute atomic E-state index is 0.501. The fraction of sp³-hybridized carbons (Fsp3) is 0.571. The lowest BCUT2D eigenvalue weighted by atomic mass is 10.1. The number of rotatable bonds is 6. The molecule has 1 rings (SSSR count). The summed E-state index contributed by atoms with van der Waals surface area (Å²) in [5.41, 5.74) is 8.96. The van der Waals surface area contributed by atoms with Gasteiger partial charge >= 0.3 is 0 Å². The zero-order chi connectivity index (χ0) is 12.8. The predicted octanol–water partition coefficient (Wildman–Crippen LogP) is 4.72. The van der Waals surface area contributed by atoms with Gasteiger partial charge in [0, 0.05) is 21.9 Å². The molecule has 0 bridgehead atoms. The Morgan fingerprint density at radius 3 is 2.71 bits per heavy atom. The van der Waals surface area contributed by atoms with Gasteiger partial charge in [-0.1, -0.05) is 26.2 Å². The maximum absolute atomic E-state index is 5.86. The molecule has 0 saturated heterocycles. The first-order valence-electron chi connectivity index (χ1n) is 6.36. The second kappa shape index (κ2) is 6.90. The van der Waals surface area contributed by atoms with E-state index in [2.05, 4.69) is 41.2 Å². The zero-order valence-corrected chi connectivity index (χ0v) is 12.6. The van der Waals surface area contributed by atoms with Gasteiger partial charge in [0.2, 0.25) is 0 Å². The second-order valence-corrected chi connectivity index (χ2v) is 5.58. The Bertz CT molecular complexity index is 363. The monoisotopic (exact) mass is 298 g/mol. The highest BCUT2D eigenvalue weighted by Crippen LogP contribution is 2.28. The summed E-state index contributed by atoms with van der Waals surface area (Å²) in [6.07, 6.45) is 5.09. The highest BCUT2D eigenvalue weighted by atomic mass is 79.9. The van der Waals surface area contributed by atoms with Crippen molar-refractivity contribution < 1.29 is 0 Å². The molecule has 0 aliphatic carbocycles. The lowest BCUT2D eigenvalue weighted by Crippen LogP contribution is -2.15. The van der Waals surface area contributed by atoms with Crippen LogP contribution in [0.5, 0.6) is 0 Å². The molecule has 1 aromatic rings. The van der Waals surface area contributed by atoms with Crippen molar-refractivity contribution in [2.45, 2.75) is 52.5 Å². The predicted molar refractivity (Wildman–Crippen MR) is 80.5 cm³/mol. The van der Waals surface area contributed by atoms with Crippen LogP contribution >= 0.6 is 15.9 Å². The van der Waals surface area contributed by atoms with Crippen LogP contribution in [0.25, 0.3) is 0 Å². The smallest absolute Gasteiger partial charge is 0.0490 e. The third-order valence-corrected chi connectivity index (χ3v) is 3.65. The molecule has 3 heteroatoms. The SMILES string of the molecule is CCCCCC(C)Nc1cc(C)c(N)cc1Br. The van der Waals surface area contributed by atoms with Crippen molar-refractivity contribution in [3.8, 4) is 0 Å². The van der Waals surface area contributed by atoms with Crippen molar-refractivity contribution in [1.82, 2.24) is 0 Å². The first-order chi connectivity index (χ1) is 8.04. The van der Waals surface area contributed by atoms with Gasteiger partial charge in [-0.15, -0.1) is 0 Å². The van der Waals surface area contributed by atoms with Gasteiger partial charge in [0.15, 0.2) is 0 Å². The highest BCUT2D eigenvalue weighted by molar-refractivity contribution is 9.10. The normalized spacial score (nSPS) is 12.5. The maximum Gasteiger partial charge on any atom is 0.0490 e. The van der Waals surface area contributed by atoms with Gasteiger partial charge in [-0.2, -0.15) is 0 Å². The van der Waals surface area contributed by atoms with Crippen LogP contribution in [0.2, 0.25) is 0 Å². The summed E-state index contributed by atoms with van der Waals surface area (Å²) >= 11 is 3.55. The van der Waals surface area contributed by atoms with E-state index in [1.807, 2.05) is 13.0 Å². The molecule has 0 fully saturated rings. The zero-order valence-electron chi connectivity index (χ0n) is 11.0. The van der Waals surface area contributed by atoms with Crippen LogP contribution in [-0.4, -0.2) is 6.04 Å². The van der Waals surface area contributed by atoms with Crippen LogP contribution in [0.15, 0.2) is 16.6 Å². The van der Waals surface area contributed by atoms with E-state index in [1.165, 1.54) is 25.7 Å². The lowest BCUT2D eigenvalue weighted by molar-refractivity contribution is 0.615. The van der Waals surface area contributed by atoms with E-state index in [1.54, 1.807) is 0 Å². The molecule has 96 valence electrons. The number of nitrogens with two attached hydrogens (primary N) is 1. The lowest BCUT2D eigenvalue weighted by Gasteiger charge is -2.17. The van der Waals surface area contributed by atoms with Gasteiger partial charge in [0.1, 0.15) is 0 Å². The van der Waals surface area contributed by atoms with E-state index in [0.29, 0.717) is 6.04 Å². The summed E-state index contributed by atoms with van der Waals surface area (Å²) in [6, 6.07) is 4.58. The van der Waals surface area contributed by atoms with E-state index >= 15 is 0 Å². The quantitative estimate of drug-likeness (QED) is 0.589. The van der Waals surface area contributed by atoms with Gasteiger partial charge in [-0.3, -0.25) is 0 Å². The Morgan fingerprint density at radius 1 is 1.35 bits per heavy atom. The second-order valence-electron chi connectivity index (χ2n) is 4.73. The Balaban J connectivity index is 2.58. The first kappa shape index (κ1) is 14.4. The molecule has 3 N–H and O–H groups in total. The van der Waals surface area contributed by atoms with Gasteiger partial charge in [0.25, 0.3) is 0 Å². The summed E-state index contributed by atoms with van der Waals surface area (Å²) in [4.78, 5) is 0. The molecule has 0 heterocycles. The van der Waals surface area contributed by atoms with Crippen molar-refractivity contribution in [2.24, 2.45) is 0 Å². The number of benzene rings is 1. The summed E-state index contributed by atoms with van der Waals surface area (Å²) in [5.74, 6) is 0. The molecule has 0 amide bonds. The number of unbranched alkanes of at least 4 members (excludes halogenated alkanes) is 2. The molecule has 2 nitrogen and oxygen atoms in total. The maximum atomic E-state index is 5.86. The van der Waals surface area contributed by atoms with Crippen LogP contribution in [-0.2, 0) is 0 Å². The summed E-state index contributed by atoms with van der Waals surface area (Å²) < 4.78 is 1.04. The fourth-order valence-electron chi connectivity index (χ4n) is 1.85. The topological polar surface area (TPSA) is 38.0 Å². The molecule has 0 aromatic heterocycles. The van der Waals surface area contributed by atoms with E-state index in [9.17, 15) is 0 Å². The highest BCUT2D eigenvalue weighted by Gasteiger charge is 2.07.